The molecule has 1 atom stereocenters. The molecule has 66 valence electrons. The minimum Gasteiger partial charge on any atom is -0.379 e. The van der Waals surface area contributed by atoms with E-state index in [9.17, 15) is 0 Å². The molecule has 1 unspecified atom stereocenters. The molecule has 1 aromatic rings. The standard InChI is InChI=1S/C8H13N3O/c1-11-8(2-4-9-11)10-7-3-5-12-6-7/h2,4,7,10H,3,5-6H2,1H3. The van der Waals surface area contributed by atoms with Gasteiger partial charge in [0.25, 0.3) is 0 Å². The lowest BCUT2D eigenvalue weighted by atomic mass is 10.3. The molecule has 0 saturated carbocycles. The number of nitrogens with zero attached hydrogens (tertiary/aromatic N) is 2. The molecule has 0 bridgehead atoms. The SMILES string of the molecule is Cn1nccc1NC1CCOC1. The molecule has 1 fully saturated rings. The Morgan fingerprint density at radius 1 is 1.75 bits per heavy atom. The maximum absolute atomic E-state index is 5.25. The largest absolute Gasteiger partial charge is 0.379 e. The van der Waals surface area contributed by atoms with Crippen LogP contribution in [-0.4, -0.2) is 29.0 Å². The number of hydrogen-bond donors (Lipinski definition) is 1. The van der Waals surface area contributed by atoms with E-state index in [2.05, 4.69) is 10.4 Å². The molecular weight excluding hydrogens is 154 g/mol. The van der Waals surface area contributed by atoms with E-state index in [0.29, 0.717) is 6.04 Å². The third kappa shape index (κ3) is 1.43. The lowest BCUT2D eigenvalue weighted by molar-refractivity contribution is 0.195. The van der Waals surface area contributed by atoms with Crippen LogP contribution in [0.25, 0.3) is 0 Å². The number of anilines is 1. The first-order valence-electron chi connectivity index (χ1n) is 4.18. The highest BCUT2D eigenvalue weighted by atomic mass is 16.5. The number of nitrogens with one attached hydrogen (secondary N) is 1. The van der Waals surface area contributed by atoms with Gasteiger partial charge in [-0.05, 0) is 6.42 Å². The van der Waals surface area contributed by atoms with Gasteiger partial charge in [0.2, 0.25) is 0 Å². The first-order valence-corrected chi connectivity index (χ1v) is 4.18. The van der Waals surface area contributed by atoms with Crippen molar-refractivity contribution in [3.8, 4) is 0 Å². The normalized spacial score (nSPS) is 22.9. The smallest absolute Gasteiger partial charge is 0.124 e. The Bertz CT molecular complexity index is 253. The Hall–Kier alpha value is -1.03. The maximum Gasteiger partial charge on any atom is 0.124 e. The molecule has 2 heterocycles. The molecular formula is C8H13N3O. The number of rotatable bonds is 2. The Kier molecular flexibility index (Phi) is 1.99. The van der Waals surface area contributed by atoms with Crippen molar-refractivity contribution in [2.45, 2.75) is 12.5 Å². The summed E-state index contributed by atoms with van der Waals surface area (Å²) < 4.78 is 7.09. The molecule has 12 heavy (non-hydrogen) atoms. The minimum atomic E-state index is 0.459. The van der Waals surface area contributed by atoms with Crippen LogP contribution >= 0.6 is 0 Å². The Morgan fingerprint density at radius 2 is 2.67 bits per heavy atom. The first-order chi connectivity index (χ1) is 5.86. The molecule has 1 saturated heterocycles. The quantitative estimate of drug-likeness (QED) is 0.701. The third-order valence-corrected chi connectivity index (χ3v) is 2.10. The summed E-state index contributed by atoms with van der Waals surface area (Å²) in [6.07, 6.45) is 2.88. The van der Waals surface area contributed by atoms with Crippen molar-refractivity contribution in [2.75, 3.05) is 18.5 Å². The van der Waals surface area contributed by atoms with E-state index >= 15 is 0 Å². The highest BCUT2D eigenvalue weighted by Gasteiger charge is 2.15. The molecule has 0 aromatic carbocycles. The van der Waals surface area contributed by atoms with Gasteiger partial charge in [-0.25, -0.2) is 0 Å². The van der Waals surface area contributed by atoms with Crippen molar-refractivity contribution >= 4 is 5.82 Å². The van der Waals surface area contributed by atoms with Crippen molar-refractivity contribution < 1.29 is 4.74 Å². The van der Waals surface area contributed by atoms with Gasteiger partial charge in [0.15, 0.2) is 0 Å². The predicted molar refractivity (Wildman–Crippen MR) is 46.1 cm³/mol. The van der Waals surface area contributed by atoms with Crippen molar-refractivity contribution in [3.05, 3.63) is 12.3 Å². The molecule has 1 aliphatic rings. The summed E-state index contributed by atoms with van der Waals surface area (Å²) in [5.74, 6) is 1.06. The van der Waals surface area contributed by atoms with Crippen LogP contribution in [0.2, 0.25) is 0 Å². The molecule has 0 amide bonds. The average molecular weight is 167 g/mol. The molecule has 1 N–H and O–H groups in total. The van der Waals surface area contributed by atoms with Crippen LogP contribution in [0.5, 0.6) is 0 Å². The van der Waals surface area contributed by atoms with Gasteiger partial charge in [0, 0.05) is 19.7 Å². The van der Waals surface area contributed by atoms with Gasteiger partial charge in [-0.15, -0.1) is 0 Å². The summed E-state index contributed by atoms with van der Waals surface area (Å²) in [7, 11) is 1.93. The van der Waals surface area contributed by atoms with Crippen LogP contribution in [0.3, 0.4) is 0 Å². The number of hydrogen-bond acceptors (Lipinski definition) is 3. The second kappa shape index (κ2) is 3.15. The van der Waals surface area contributed by atoms with Gasteiger partial charge < -0.3 is 10.1 Å². The van der Waals surface area contributed by atoms with Crippen molar-refractivity contribution in [2.24, 2.45) is 7.05 Å². The van der Waals surface area contributed by atoms with Gasteiger partial charge in [-0.1, -0.05) is 0 Å². The van der Waals surface area contributed by atoms with E-state index in [1.54, 1.807) is 6.20 Å². The fourth-order valence-corrected chi connectivity index (χ4v) is 1.37. The van der Waals surface area contributed by atoms with Crippen molar-refractivity contribution in [3.63, 3.8) is 0 Å². The minimum absolute atomic E-state index is 0.459. The molecule has 0 radical (unpaired) electrons. The number of ether oxygens (including phenoxy) is 1. The summed E-state index contributed by atoms with van der Waals surface area (Å²) >= 11 is 0. The molecule has 0 spiro atoms. The zero-order valence-electron chi connectivity index (χ0n) is 7.16. The van der Waals surface area contributed by atoms with Gasteiger partial charge in [-0.3, -0.25) is 4.68 Å². The van der Waals surface area contributed by atoms with Crippen LogP contribution < -0.4 is 5.32 Å². The molecule has 0 aliphatic carbocycles. The van der Waals surface area contributed by atoms with Crippen LogP contribution in [0.4, 0.5) is 5.82 Å². The Morgan fingerprint density at radius 3 is 3.25 bits per heavy atom. The van der Waals surface area contributed by atoms with Gasteiger partial charge >= 0.3 is 0 Å². The lowest BCUT2D eigenvalue weighted by Gasteiger charge is -2.11. The monoisotopic (exact) mass is 167 g/mol. The van der Waals surface area contributed by atoms with E-state index in [1.807, 2.05) is 17.8 Å². The maximum atomic E-state index is 5.25. The summed E-state index contributed by atoms with van der Waals surface area (Å²) in [5.41, 5.74) is 0. The van der Waals surface area contributed by atoms with Crippen molar-refractivity contribution in [1.82, 2.24) is 9.78 Å². The topological polar surface area (TPSA) is 39.1 Å². The van der Waals surface area contributed by atoms with Gasteiger partial charge in [0.05, 0.1) is 18.8 Å². The second-order valence-electron chi connectivity index (χ2n) is 3.04. The molecule has 1 aliphatic heterocycles. The van der Waals surface area contributed by atoms with E-state index in [0.717, 1.165) is 25.5 Å². The van der Waals surface area contributed by atoms with Gasteiger partial charge in [-0.2, -0.15) is 5.10 Å². The third-order valence-electron chi connectivity index (χ3n) is 2.10. The zero-order chi connectivity index (χ0) is 8.39. The molecule has 4 nitrogen and oxygen atoms in total. The summed E-state index contributed by atoms with van der Waals surface area (Å²) in [5, 5.41) is 7.44. The van der Waals surface area contributed by atoms with E-state index < -0.39 is 0 Å². The Labute approximate surface area is 71.5 Å². The summed E-state index contributed by atoms with van der Waals surface area (Å²) in [6.45, 7) is 1.68. The van der Waals surface area contributed by atoms with E-state index in [4.69, 9.17) is 4.74 Å². The summed E-state index contributed by atoms with van der Waals surface area (Å²) in [4.78, 5) is 0. The fourth-order valence-electron chi connectivity index (χ4n) is 1.37. The highest BCUT2D eigenvalue weighted by Crippen LogP contribution is 2.11. The van der Waals surface area contributed by atoms with Crippen LogP contribution in [-0.2, 0) is 11.8 Å². The van der Waals surface area contributed by atoms with Crippen LogP contribution in [0, 0.1) is 0 Å². The molecule has 1 aromatic heterocycles. The number of aryl methyl sites for hydroxylation is 1. The first kappa shape index (κ1) is 7.61. The fraction of sp³-hybridized carbons (Fsp3) is 0.625. The average Bonchev–Trinajstić information content (AvgIpc) is 2.65. The van der Waals surface area contributed by atoms with Crippen LogP contribution in [0.1, 0.15) is 6.42 Å². The predicted octanol–water partition coefficient (Wildman–Crippen LogP) is 0.621. The highest BCUT2D eigenvalue weighted by molar-refractivity contribution is 5.34. The molecule has 4 heteroatoms. The molecule has 2 rings (SSSR count). The second-order valence-corrected chi connectivity index (χ2v) is 3.04. The van der Waals surface area contributed by atoms with Gasteiger partial charge in [0.1, 0.15) is 5.82 Å². The number of aromatic nitrogens is 2. The zero-order valence-corrected chi connectivity index (χ0v) is 7.16. The van der Waals surface area contributed by atoms with E-state index in [1.165, 1.54) is 0 Å². The lowest BCUT2D eigenvalue weighted by Crippen LogP contribution is -2.20. The van der Waals surface area contributed by atoms with E-state index in [-0.39, 0.29) is 0 Å². The summed E-state index contributed by atoms with van der Waals surface area (Å²) in [6, 6.07) is 2.43. The Balaban J connectivity index is 1.98. The van der Waals surface area contributed by atoms with Crippen molar-refractivity contribution in [1.29, 1.82) is 0 Å². The van der Waals surface area contributed by atoms with Crippen LogP contribution in [0.15, 0.2) is 12.3 Å².